The fourth-order valence-electron chi connectivity index (χ4n) is 2.41. The lowest BCUT2D eigenvalue weighted by Gasteiger charge is -2.18. The molecule has 0 radical (unpaired) electrons. The van der Waals surface area contributed by atoms with Gasteiger partial charge in [-0.25, -0.2) is 4.39 Å². The number of halogens is 1. The summed E-state index contributed by atoms with van der Waals surface area (Å²) in [4.78, 5) is 12.3. The first-order chi connectivity index (χ1) is 12.8. The molecule has 1 amide bonds. The monoisotopic (exact) mass is 367 g/mol. The average molecular weight is 367 g/mol. The number of benzene rings is 2. The predicted molar refractivity (Wildman–Crippen MR) is 101 cm³/mol. The maximum absolute atomic E-state index is 12.9. The zero-order valence-electron chi connectivity index (χ0n) is 15.6. The third-order valence-corrected chi connectivity index (χ3v) is 3.96. The van der Waals surface area contributed by atoms with Crippen molar-refractivity contribution in [2.24, 2.45) is 0 Å². The molecule has 1 aromatic heterocycles. The number of aromatic nitrogens is 2. The molecular weight excluding hydrogens is 345 g/mol. The van der Waals surface area contributed by atoms with Crippen molar-refractivity contribution in [2.45, 2.75) is 32.9 Å². The highest BCUT2D eigenvalue weighted by atomic mass is 19.1. The number of carbonyl (C=O) groups is 1. The second-order valence-corrected chi connectivity index (χ2v) is 7.23. The van der Waals surface area contributed by atoms with Gasteiger partial charge in [-0.2, -0.15) is 5.10 Å². The van der Waals surface area contributed by atoms with Gasteiger partial charge in [0, 0.05) is 12.7 Å². The minimum atomic E-state index is -0.304. The minimum absolute atomic E-state index is 0.168. The van der Waals surface area contributed by atoms with E-state index in [4.69, 9.17) is 4.74 Å². The molecule has 0 bridgehead atoms. The predicted octanol–water partition coefficient (Wildman–Crippen LogP) is 4.50. The Morgan fingerprint density at radius 1 is 1.07 bits per heavy atom. The van der Waals surface area contributed by atoms with Gasteiger partial charge < -0.3 is 10.1 Å². The highest BCUT2D eigenvalue weighted by Crippen LogP contribution is 2.22. The molecule has 5 nitrogen and oxygen atoms in total. The molecular formula is C21H22FN3O2. The van der Waals surface area contributed by atoms with Crippen LogP contribution in [0, 0.1) is 5.82 Å². The zero-order valence-corrected chi connectivity index (χ0v) is 15.6. The van der Waals surface area contributed by atoms with Crippen LogP contribution in [-0.2, 0) is 12.1 Å². The number of nitrogens with zero attached hydrogens (tertiary/aromatic N) is 2. The van der Waals surface area contributed by atoms with Gasteiger partial charge in [-0.15, -0.1) is 0 Å². The summed E-state index contributed by atoms with van der Waals surface area (Å²) in [5.41, 5.74) is 1.30. The van der Waals surface area contributed by atoms with Crippen LogP contribution in [-0.4, -0.2) is 15.7 Å². The van der Waals surface area contributed by atoms with Crippen LogP contribution in [0.4, 0.5) is 4.39 Å². The molecule has 3 aromatic rings. The largest absolute Gasteiger partial charge is 0.457 e. The van der Waals surface area contributed by atoms with E-state index >= 15 is 0 Å². The Labute approximate surface area is 157 Å². The lowest BCUT2D eigenvalue weighted by Crippen LogP contribution is -2.24. The van der Waals surface area contributed by atoms with Crippen LogP contribution >= 0.6 is 0 Å². The Hall–Kier alpha value is -3.15. The number of hydrogen-bond donors (Lipinski definition) is 1. The number of carbonyl (C=O) groups excluding carboxylic acids is 1. The van der Waals surface area contributed by atoms with Gasteiger partial charge >= 0.3 is 0 Å². The second-order valence-electron chi connectivity index (χ2n) is 7.23. The van der Waals surface area contributed by atoms with Gasteiger partial charge in [0.05, 0.1) is 17.3 Å². The number of ether oxygens (including phenoxy) is 1. The highest BCUT2D eigenvalue weighted by molar-refractivity contribution is 5.93. The van der Waals surface area contributed by atoms with Gasteiger partial charge in [-0.1, -0.05) is 12.1 Å². The lowest BCUT2D eigenvalue weighted by atomic mass is 10.1. The van der Waals surface area contributed by atoms with Crippen LogP contribution < -0.4 is 10.1 Å². The van der Waals surface area contributed by atoms with Crippen molar-refractivity contribution in [3.05, 3.63) is 77.9 Å². The Morgan fingerprint density at radius 3 is 2.22 bits per heavy atom. The van der Waals surface area contributed by atoms with Crippen LogP contribution in [0.1, 0.15) is 36.7 Å². The van der Waals surface area contributed by atoms with Crippen molar-refractivity contribution in [1.29, 1.82) is 0 Å². The molecule has 2 aromatic carbocycles. The molecule has 1 N–H and O–H groups in total. The Bertz CT molecular complexity index is 910. The number of nitrogens with one attached hydrogen (secondary N) is 1. The molecule has 1 heterocycles. The number of amides is 1. The molecule has 0 spiro atoms. The first-order valence-electron chi connectivity index (χ1n) is 8.67. The molecule has 6 heteroatoms. The summed E-state index contributed by atoms with van der Waals surface area (Å²) in [5, 5.41) is 7.12. The van der Waals surface area contributed by atoms with Crippen molar-refractivity contribution in [1.82, 2.24) is 15.1 Å². The quantitative estimate of drug-likeness (QED) is 0.722. The topological polar surface area (TPSA) is 56.2 Å². The normalized spacial score (nSPS) is 11.3. The van der Waals surface area contributed by atoms with Gasteiger partial charge in [-0.3, -0.25) is 9.48 Å². The van der Waals surface area contributed by atoms with Crippen LogP contribution in [0.3, 0.4) is 0 Å². The van der Waals surface area contributed by atoms with Crippen molar-refractivity contribution in [2.75, 3.05) is 0 Å². The third kappa shape index (κ3) is 4.94. The van der Waals surface area contributed by atoms with Crippen molar-refractivity contribution >= 4 is 5.91 Å². The van der Waals surface area contributed by atoms with Gasteiger partial charge in [0.2, 0.25) is 0 Å². The van der Waals surface area contributed by atoms with Crippen molar-refractivity contribution < 1.29 is 13.9 Å². The maximum Gasteiger partial charge on any atom is 0.254 e. The lowest BCUT2D eigenvalue weighted by molar-refractivity contribution is 0.0950. The van der Waals surface area contributed by atoms with Crippen LogP contribution in [0.25, 0.3) is 0 Å². The van der Waals surface area contributed by atoms with Gasteiger partial charge in [0.15, 0.2) is 0 Å². The van der Waals surface area contributed by atoms with E-state index in [1.54, 1.807) is 29.2 Å². The van der Waals surface area contributed by atoms with E-state index < -0.39 is 0 Å². The third-order valence-electron chi connectivity index (χ3n) is 3.96. The van der Waals surface area contributed by atoms with E-state index in [0.29, 0.717) is 23.6 Å². The average Bonchev–Trinajstić information content (AvgIpc) is 3.13. The minimum Gasteiger partial charge on any atom is -0.457 e. The summed E-state index contributed by atoms with van der Waals surface area (Å²) in [6, 6.07) is 13.2. The molecule has 27 heavy (non-hydrogen) atoms. The molecule has 0 aliphatic carbocycles. The fraction of sp³-hybridized carbons (Fsp3) is 0.238. The molecule has 0 aliphatic heterocycles. The molecule has 0 saturated carbocycles. The molecule has 0 atom stereocenters. The van der Waals surface area contributed by atoms with Gasteiger partial charge in [-0.05, 0) is 62.7 Å². The van der Waals surface area contributed by atoms with Crippen molar-refractivity contribution in [3.8, 4) is 11.5 Å². The van der Waals surface area contributed by atoms with Gasteiger partial charge in [0.1, 0.15) is 17.3 Å². The maximum atomic E-state index is 12.9. The molecule has 0 saturated heterocycles. The van der Waals surface area contributed by atoms with E-state index in [1.165, 1.54) is 12.1 Å². The number of hydrogen-bond acceptors (Lipinski definition) is 3. The van der Waals surface area contributed by atoms with Gasteiger partial charge in [0.25, 0.3) is 5.91 Å². The van der Waals surface area contributed by atoms with E-state index in [2.05, 4.69) is 10.4 Å². The van der Waals surface area contributed by atoms with E-state index in [1.807, 2.05) is 45.0 Å². The molecule has 140 valence electrons. The first kappa shape index (κ1) is 18.6. The smallest absolute Gasteiger partial charge is 0.254 e. The molecule has 0 aliphatic rings. The van der Waals surface area contributed by atoms with Crippen LogP contribution in [0.15, 0.2) is 60.9 Å². The summed E-state index contributed by atoms with van der Waals surface area (Å²) < 4.78 is 20.3. The Morgan fingerprint density at radius 2 is 1.67 bits per heavy atom. The van der Waals surface area contributed by atoms with E-state index in [0.717, 1.165) is 5.56 Å². The zero-order chi connectivity index (χ0) is 19.4. The second kappa shape index (κ2) is 7.61. The summed E-state index contributed by atoms with van der Waals surface area (Å²) in [6.45, 7) is 6.47. The fourth-order valence-corrected chi connectivity index (χ4v) is 2.41. The molecule has 0 unspecified atom stereocenters. The standard InChI is InChI=1S/C21H22FN3O2/c1-21(2,3)25-14-16(13-24-25)20(26)23-12-15-4-8-18(9-5-15)27-19-10-6-17(22)7-11-19/h4-11,13-14H,12H2,1-3H3,(H,23,26). The summed E-state index contributed by atoms with van der Waals surface area (Å²) in [6.07, 6.45) is 3.31. The van der Waals surface area contributed by atoms with Crippen molar-refractivity contribution in [3.63, 3.8) is 0 Å². The SMILES string of the molecule is CC(C)(C)n1cc(C(=O)NCc2ccc(Oc3ccc(F)cc3)cc2)cn1. The summed E-state index contributed by atoms with van der Waals surface area (Å²) in [5.74, 6) is 0.732. The summed E-state index contributed by atoms with van der Waals surface area (Å²) >= 11 is 0. The number of rotatable bonds is 5. The molecule has 3 rings (SSSR count). The Kier molecular flexibility index (Phi) is 5.26. The first-order valence-corrected chi connectivity index (χ1v) is 8.67. The highest BCUT2D eigenvalue weighted by Gasteiger charge is 2.16. The van der Waals surface area contributed by atoms with E-state index in [-0.39, 0.29) is 17.3 Å². The van der Waals surface area contributed by atoms with Crippen LogP contribution in [0.5, 0.6) is 11.5 Å². The Balaban J connectivity index is 1.56. The van der Waals surface area contributed by atoms with E-state index in [9.17, 15) is 9.18 Å². The van der Waals surface area contributed by atoms with Crippen LogP contribution in [0.2, 0.25) is 0 Å². The molecule has 0 fully saturated rings. The summed E-state index contributed by atoms with van der Waals surface area (Å²) in [7, 11) is 0.